The lowest BCUT2D eigenvalue weighted by molar-refractivity contribution is 0.269. The number of benzene rings is 1. The molecule has 22 heavy (non-hydrogen) atoms. The topological polar surface area (TPSA) is 75.9 Å². The second-order valence-electron chi connectivity index (χ2n) is 4.86. The molecule has 0 bridgehead atoms. The van der Waals surface area contributed by atoms with Crippen LogP contribution in [0.5, 0.6) is 0 Å². The van der Waals surface area contributed by atoms with Gasteiger partial charge in [0.25, 0.3) is 0 Å². The Bertz CT molecular complexity index is 726. The van der Waals surface area contributed by atoms with Gasteiger partial charge in [-0.05, 0) is 11.6 Å². The van der Waals surface area contributed by atoms with Gasteiger partial charge in [-0.3, -0.25) is 4.68 Å². The number of rotatable bonds is 6. The van der Waals surface area contributed by atoms with Gasteiger partial charge in [-0.15, -0.1) is 0 Å². The van der Waals surface area contributed by atoms with Gasteiger partial charge in [0.05, 0.1) is 25.0 Å². The van der Waals surface area contributed by atoms with Crippen LogP contribution in [0.2, 0.25) is 0 Å². The van der Waals surface area contributed by atoms with E-state index < -0.39 is 0 Å². The van der Waals surface area contributed by atoms with Crippen LogP contribution in [0.15, 0.2) is 55.0 Å². The highest BCUT2D eigenvalue weighted by molar-refractivity contribution is 5.53. The molecule has 2 N–H and O–H groups in total. The van der Waals surface area contributed by atoms with Gasteiger partial charge in [0.1, 0.15) is 11.6 Å². The number of aromatic nitrogens is 4. The normalized spacial score (nSPS) is 10.6. The highest BCUT2D eigenvalue weighted by Crippen LogP contribution is 2.14. The van der Waals surface area contributed by atoms with Crippen LogP contribution >= 0.6 is 0 Å². The third kappa shape index (κ3) is 3.67. The number of anilines is 2. The van der Waals surface area contributed by atoms with Crippen molar-refractivity contribution in [2.24, 2.45) is 0 Å². The lowest BCUT2D eigenvalue weighted by atomic mass is 10.1. The molecule has 0 aliphatic heterocycles. The molecular formula is C16H17N5O. The molecule has 0 radical (unpaired) electrons. The maximum absolute atomic E-state index is 8.89. The average molecular weight is 295 g/mol. The highest BCUT2D eigenvalue weighted by atomic mass is 16.3. The Balaban J connectivity index is 1.70. The second kappa shape index (κ2) is 6.82. The molecule has 0 saturated heterocycles. The van der Waals surface area contributed by atoms with Gasteiger partial charge in [0.15, 0.2) is 0 Å². The van der Waals surface area contributed by atoms with E-state index in [1.807, 2.05) is 30.5 Å². The zero-order chi connectivity index (χ0) is 15.2. The van der Waals surface area contributed by atoms with Crippen molar-refractivity contribution in [2.75, 3.05) is 11.9 Å². The summed E-state index contributed by atoms with van der Waals surface area (Å²) in [4.78, 5) is 8.82. The van der Waals surface area contributed by atoms with E-state index in [1.165, 1.54) is 5.56 Å². The summed E-state index contributed by atoms with van der Waals surface area (Å²) >= 11 is 0. The number of aliphatic hydroxyl groups excluding tert-OH is 1. The fraction of sp³-hybridized carbons (Fsp3) is 0.188. The molecule has 0 amide bonds. The van der Waals surface area contributed by atoms with Crippen molar-refractivity contribution < 1.29 is 5.11 Å². The van der Waals surface area contributed by atoms with E-state index in [4.69, 9.17) is 5.11 Å². The first-order valence-electron chi connectivity index (χ1n) is 7.10. The van der Waals surface area contributed by atoms with Crippen LogP contribution < -0.4 is 5.32 Å². The Labute approximate surface area is 128 Å². The molecule has 3 aromatic rings. The Kier molecular flexibility index (Phi) is 4.41. The lowest BCUT2D eigenvalue weighted by Crippen LogP contribution is -2.02. The number of nitrogens with zero attached hydrogens (tertiary/aromatic N) is 4. The SMILES string of the molecule is OCCn1cc(Nc2ccnc(Cc3ccccc3)n2)cn1. The number of hydrogen-bond donors (Lipinski definition) is 2. The van der Waals surface area contributed by atoms with Crippen LogP contribution in [-0.2, 0) is 13.0 Å². The molecule has 0 aliphatic rings. The van der Waals surface area contributed by atoms with Crippen LogP contribution in [0.3, 0.4) is 0 Å². The average Bonchev–Trinajstić information content (AvgIpc) is 2.96. The Hall–Kier alpha value is -2.73. The summed E-state index contributed by atoms with van der Waals surface area (Å²) in [7, 11) is 0. The summed E-state index contributed by atoms with van der Waals surface area (Å²) in [6, 6.07) is 11.9. The van der Waals surface area contributed by atoms with Gasteiger partial charge < -0.3 is 10.4 Å². The minimum absolute atomic E-state index is 0.0653. The van der Waals surface area contributed by atoms with Gasteiger partial charge in [-0.1, -0.05) is 30.3 Å². The molecular weight excluding hydrogens is 278 g/mol. The fourth-order valence-electron chi connectivity index (χ4n) is 2.13. The molecule has 6 heteroatoms. The van der Waals surface area contributed by atoms with Gasteiger partial charge in [0.2, 0.25) is 0 Å². The van der Waals surface area contributed by atoms with E-state index in [1.54, 1.807) is 17.1 Å². The standard InChI is InChI=1S/C16H17N5O/c22-9-8-21-12-14(11-18-21)19-15-6-7-17-16(20-15)10-13-4-2-1-3-5-13/h1-7,11-12,22H,8-10H2,(H,17,19,20). The van der Waals surface area contributed by atoms with Gasteiger partial charge in [-0.2, -0.15) is 5.10 Å². The van der Waals surface area contributed by atoms with Gasteiger partial charge >= 0.3 is 0 Å². The number of hydrogen-bond acceptors (Lipinski definition) is 5. The summed E-state index contributed by atoms with van der Waals surface area (Å²) in [6.07, 6.45) is 5.97. The fourth-order valence-corrected chi connectivity index (χ4v) is 2.13. The van der Waals surface area contributed by atoms with Crippen LogP contribution in [0.4, 0.5) is 11.5 Å². The predicted octanol–water partition coefficient (Wildman–Crippen LogP) is 2.00. The molecule has 0 aliphatic carbocycles. The quantitative estimate of drug-likeness (QED) is 0.727. The van der Waals surface area contributed by atoms with Crippen LogP contribution in [0.25, 0.3) is 0 Å². The van der Waals surface area contributed by atoms with Crippen molar-refractivity contribution in [3.8, 4) is 0 Å². The predicted molar refractivity (Wildman–Crippen MR) is 83.9 cm³/mol. The Morgan fingerprint density at radius 2 is 2.00 bits per heavy atom. The second-order valence-corrected chi connectivity index (χ2v) is 4.86. The third-order valence-corrected chi connectivity index (χ3v) is 3.15. The largest absolute Gasteiger partial charge is 0.394 e. The third-order valence-electron chi connectivity index (χ3n) is 3.15. The molecule has 0 atom stereocenters. The minimum Gasteiger partial charge on any atom is -0.394 e. The molecule has 112 valence electrons. The lowest BCUT2D eigenvalue weighted by Gasteiger charge is -2.05. The summed E-state index contributed by atoms with van der Waals surface area (Å²) in [5.41, 5.74) is 2.01. The summed E-state index contributed by atoms with van der Waals surface area (Å²) in [5, 5.41) is 16.2. The molecule has 0 spiro atoms. The van der Waals surface area contributed by atoms with Gasteiger partial charge in [0, 0.05) is 18.8 Å². The molecule has 2 aromatic heterocycles. The van der Waals surface area contributed by atoms with Crippen molar-refractivity contribution in [1.29, 1.82) is 0 Å². The van der Waals surface area contributed by atoms with Crippen LogP contribution in [-0.4, -0.2) is 31.5 Å². The smallest absolute Gasteiger partial charge is 0.135 e. The number of nitrogens with one attached hydrogen (secondary N) is 1. The van der Waals surface area contributed by atoms with E-state index >= 15 is 0 Å². The minimum atomic E-state index is 0.0653. The van der Waals surface area contributed by atoms with Crippen molar-refractivity contribution in [3.63, 3.8) is 0 Å². The molecule has 1 aromatic carbocycles. The number of aliphatic hydroxyl groups is 1. The Morgan fingerprint density at radius 3 is 2.82 bits per heavy atom. The Morgan fingerprint density at radius 1 is 1.14 bits per heavy atom. The summed E-state index contributed by atoms with van der Waals surface area (Å²) < 4.78 is 1.68. The zero-order valence-corrected chi connectivity index (χ0v) is 12.1. The molecule has 3 rings (SSSR count). The molecule has 0 saturated carbocycles. The highest BCUT2D eigenvalue weighted by Gasteiger charge is 2.03. The van der Waals surface area contributed by atoms with E-state index in [-0.39, 0.29) is 6.61 Å². The maximum Gasteiger partial charge on any atom is 0.135 e. The van der Waals surface area contributed by atoms with E-state index in [9.17, 15) is 0 Å². The molecule has 2 heterocycles. The first-order chi connectivity index (χ1) is 10.8. The first-order valence-corrected chi connectivity index (χ1v) is 7.10. The first kappa shape index (κ1) is 14.2. The summed E-state index contributed by atoms with van der Waals surface area (Å²) in [5.74, 6) is 1.49. The van der Waals surface area contributed by atoms with Crippen LogP contribution in [0, 0.1) is 0 Å². The zero-order valence-electron chi connectivity index (χ0n) is 12.1. The van der Waals surface area contributed by atoms with Crippen molar-refractivity contribution >= 4 is 11.5 Å². The van der Waals surface area contributed by atoms with E-state index in [0.29, 0.717) is 13.0 Å². The molecule has 0 fully saturated rings. The maximum atomic E-state index is 8.89. The van der Waals surface area contributed by atoms with Crippen molar-refractivity contribution in [2.45, 2.75) is 13.0 Å². The molecule has 0 unspecified atom stereocenters. The van der Waals surface area contributed by atoms with Crippen LogP contribution in [0.1, 0.15) is 11.4 Å². The van der Waals surface area contributed by atoms with Crippen molar-refractivity contribution in [3.05, 3.63) is 66.4 Å². The van der Waals surface area contributed by atoms with E-state index in [0.717, 1.165) is 17.3 Å². The summed E-state index contributed by atoms with van der Waals surface area (Å²) in [6.45, 7) is 0.542. The van der Waals surface area contributed by atoms with E-state index in [2.05, 4.69) is 32.5 Å². The van der Waals surface area contributed by atoms with Crippen molar-refractivity contribution in [1.82, 2.24) is 19.7 Å². The molecule has 6 nitrogen and oxygen atoms in total. The monoisotopic (exact) mass is 295 g/mol. The van der Waals surface area contributed by atoms with Gasteiger partial charge in [-0.25, -0.2) is 9.97 Å².